The minimum absolute atomic E-state index is 0.236. The summed E-state index contributed by atoms with van der Waals surface area (Å²) in [7, 11) is 1.58. The van der Waals surface area contributed by atoms with Crippen molar-refractivity contribution in [3.8, 4) is 11.5 Å². The Bertz CT molecular complexity index is 1040. The van der Waals surface area contributed by atoms with Crippen LogP contribution in [0.25, 0.3) is 0 Å². The molecule has 0 unspecified atom stereocenters. The van der Waals surface area contributed by atoms with Gasteiger partial charge < -0.3 is 20.1 Å². The van der Waals surface area contributed by atoms with Gasteiger partial charge in [-0.2, -0.15) is 0 Å². The van der Waals surface area contributed by atoms with Crippen molar-refractivity contribution in [2.75, 3.05) is 24.4 Å². The van der Waals surface area contributed by atoms with E-state index in [0.29, 0.717) is 38.5 Å². The van der Waals surface area contributed by atoms with Crippen LogP contribution < -0.4 is 20.1 Å². The zero-order chi connectivity index (χ0) is 21.5. The molecule has 0 aromatic heterocycles. The van der Waals surface area contributed by atoms with Gasteiger partial charge in [0.1, 0.15) is 11.5 Å². The third-order valence-electron chi connectivity index (χ3n) is 4.03. The lowest BCUT2D eigenvalue weighted by Gasteiger charge is -2.10. The molecule has 8 heteroatoms. The number of halogens is 2. The molecule has 0 heterocycles. The van der Waals surface area contributed by atoms with Gasteiger partial charge in [-0.05, 0) is 60.7 Å². The fraction of sp³-hybridized carbons (Fsp3) is 0.0909. The van der Waals surface area contributed by atoms with Crippen molar-refractivity contribution in [3.05, 3.63) is 82.3 Å². The standard InChI is InChI=1S/C22H18Cl2N2O4/c1-29-18-9-7-17(8-10-18)26-22(28)14-2-5-16(6-3-14)25-21(27)13-30-20-12-15(23)4-11-19(20)24/h2-12H,13H2,1H3,(H,25,27)(H,26,28). The number of carbonyl (C=O) groups is 2. The Kier molecular flexibility index (Phi) is 7.17. The van der Waals surface area contributed by atoms with Crippen LogP contribution in [0.2, 0.25) is 10.0 Å². The Morgan fingerprint density at radius 2 is 1.50 bits per heavy atom. The van der Waals surface area contributed by atoms with Crippen LogP contribution in [-0.4, -0.2) is 25.5 Å². The number of nitrogens with one attached hydrogen (secondary N) is 2. The van der Waals surface area contributed by atoms with E-state index in [9.17, 15) is 9.59 Å². The Labute approximate surface area is 183 Å². The van der Waals surface area contributed by atoms with Crippen molar-refractivity contribution < 1.29 is 19.1 Å². The van der Waals surface area contributed by atoms with E-state index in [1.54, 1.807) is 67.8 Å². The number of ether oxygens (including phenoxy) is 2. The van der Waals surface area contributed by atoms with Crippen LogP contribution in [0.5, 0.6) is 11.5 Å². The zero-order valence-corrected chi connectivity index (χ0v) is 17.5. The maximum absolute atomic E-state index is 12.3. The van der Waals surface area contributed by atoms with Crippen molar-refractivity contribution in [2.45, 2.75) is 0 Å². The third kappa shape index (κ3) is 5.89. The van der Waals surface area contributed by atoms with Gasteiger partial charge in [0.2, 0.25) is 0 Å². The highest BCUT2D eigenvalue weighted by atomic mass is 35.5. The molecule has 3 aromatic rings. The van der Waals surface area contributed by atoms with Crippen LogP contribution in [0.4, 0.5) is 11.4 Å². The Morgan fingerprint density at radius 3 is 2.17 bits per heavy atom. The predicted molar refractivity (Wildman–Crippen MR) is 118 cm³/mol. The molecule has 0 spiro atoms. The summed E-state index contributed by atoms with van der Waals surface area (Å²) in [4.78, 5) is 24.4. The highest BCUT2D eigenvalue weighted by Gasteiger charge is 2.09. The largest absolute Gasteiger partial charge is 0.497 e. The van der Waals surface area contributed by atoms with Gasteiger partial charge in [0, 0.05) is 28.0 Å². The minimum atomic E-state index is -0.374. The molecule has 0 radical (unpaired) electrons. The number of anilines is 2. The number of amides is 2. The molecule has 2 N–H and O–H groups in total. The van der Waals surface area contributed by atoms with E-state index < -0.39 is 0 Å². The van der Waals surface area contributed by atoms with Gasteiger partial charge in [-0.1, -0.05) is 23.2 Å². The molecule has 0 aliphatic rings. The lowest BCUT2D eigenvalue weighted by atomic mass is 10.2. The van der Waals surface area contributed by atoms with E-state index in [0.717, 1.165) is 0 Å². The van der Waals surface area contributed by atoms with Crippen molar-refractivity contribution >= 4 is 46.4 Å². The van der Waals surface area contributed by atoms with Crippen LogP contribution in [0.1, 0.15) is 10.4 Å². The molecular weight excluding hydrogens is 427 g/mol. The second-order valence-electron chi connectivity index (χ2n) is 6.17. The van der Waals surface area contributed by atoms with Gasteiger partial charge in [-0.15, -0.1) is 0 Å². The van der Waals surface area contributed by atoms with E-state index in [1.165, 1.54) is 6.07 Å². The zero-order valence-electron chi connectivity index (χ0n) is 15.9. The topological polar surface area (TPSA) is 76.7 Å². The summed E-state index contributed by atoms with van der Waals surface area (Å²) in [5.74, 6) is 0.387. The van der Waals surface area contributed by atoms with Crippen LogP contribution in [0.3, 0.4) is 0 Å². The van der Waals surface area contributed by atoms with Crippen LogP contribution in [0.15, 0.2) is 66.7 Å². The summed E-state index contributed by atoms with van der Waals surface area (Å²) in [6.45, 7) is -0.236. The molecule has 0 saturated carbocycles. The first-order valence-corrected chi connectivity index (χ1v) is 9.63. The summed E-state index contributed by atoms with van der Waals surface area (Å²) < 4.78 is 10.5. The molecule has 0 aliphatic heterocycles. The monoisotopic (exact) mass is 444 g/mol. The highest BCUT2D eigenvalue weighted by Crippen LogP contribution is 2.27. The van der Waals surface area contributed by atoms with Gasteiger partial charge in [0.25, 0.3) is 11.8 Å². The summed E-state index contributed by atoms with van der Waals surface area (Å²) in [6.07, 6.45) is 0. The van der Waals surface area contributed by atoms with Gasteiger partial charge in [0.05, 0.1) is 12.1 Å². The van der Waals surface area contributed by atoms with Crippen LogP contribution in [-0.2, 0) is 4.79 Å². The number of hydrogen-bond acceptors (Lipinski definition) is 4. The first-order valence-electron chi connectivity index (χ1n) is 8.88. The lowest BCUT2D eigenvalue weighted by molar-refractivity contribution is -0.118. The van der Waals surface area contributed by atoms with E-state index in [1.807, 2.05) is 0 Å². The predicted octanol–water partition coefficient (Wildman–Crippen LogP) is 5.27. The molecule has 154 valence electrons. The van der Waals surface area contributed by atoms with Gasteiger partial charge in [-0.25, -0.2) is 0 Å². The first kappa shape index (κ1) is 21.5. The van der Waals surface area contributed by atoms with Crippen LogP contribution >= 0.6 is 23.2 Å². The van der Waals surface area contributed by atoms with Crippen molar-refractivity contribution in [1.29, 1.82) is 0 Å². The van der Waals surface area contributed by atoms with E-state index in [-0.39, 0.29) is 18.4 Å². The molecule has 0 bridgehead atoms. The van der Waals surface area contributed by atoms with Crippen molar-refractivity contribution in [2.24, 2.45) is 0 Å². The third-order valence-corrected chi connectivity index (χ3v) is 4.58. The Morgan fingerprint density at radius 1 is 0.867 bits per heavy atom. The molecule has 6 nitrogen and oxygen atoms in total. The number of carbonyl (C=O) groups excluding carboxylic acids is 2. The molecule has 3 aromatic carbocycles. The number of methoxy groups -OCH3 is 1. The maximum Gasteiger partial charge on any atom is 0.262 e. The normalized spacial score (nSPS) is 10.2. The number of benzene rings is 3. The fourth-order valence-electron chi connectivity index (χ4n) is 2.51. The van der Waals surface area contributed by atoms with Gasteiger partial charge in [0.15, 0.2) is 6.61 Å². The fourth-order valence-corrected chi connectivity index (χ4v) is 2.84. The maximum atomic E-state index is 12.3. The molecule has 0 saturated heterocycles. The second-order valence-corrected chi connectivity index (χ2v) is 7.02. The lowest BCUT2D eigenvalue weighted by Crippen LogP contribution is -2.20. The summed E-state index contributed by atoms with van der Waals surface area (Å²) >= 11 is 11.9. The average molecular weight is 445 g/mol. The highest BCUT2D eigenvalue weighted by molar-refractivity contribution is 6.34. The molecule has 0 fully saturated rings. The molecule has 30 heavy (non-hydrogen) atoms. The van der Waals surface area contributed by atoms with Gasteiger partial charge >= 0.3 is 0 Å². The average Bonchev–Trinajstić information content (AvgIpc) is 2.75. The first-order chi connectivity index (χ1) is 14.4. The molecule has 0 atom stereocenters. The number of rotatable bonds is 7. The Balaban J connectivity index is 1.53. The summed E-state index contributed by atoms with van der Waals surface area (Å²) in [5.41, 5.74) is 1.63. The minimum Gasteiger partial charge on any atom is -0.497 e. The molecular formula is C22H18Cl2N2O4. The van der Waals surface area contributed by atoms with E-state index in [4.69, 9.17) is 32.7 Å². The van der Waals surface area contributed by atoms with E-state index in [2.05, 4.69) is 10.6 Å². The smallest absolute Gasteiger partial charge is 0.262 e. The van der Waals surface area contributed by atoms with E-state index >= 15 is 0 Å². The van der Waals surface area contributed by atoms with Gasteiger partial charge in [-0.3, -0.25) is 9.59 Å². The Hall–Kier alpha value is -3.22. The van der Waals surface area contributed by atoms with Crippen molar-refractivity contribution in [1.82, 2.24) is 0 Å². The number of hydrogen-bond donors (Lipinski definition) is 2. The molecule has 3 rings (SSSR count). The summed E-state index contributed by atoms with van der Waals surface area (Å²) in [5, 5.41) is 6.30. The van der Waals surface area contributed by atoms with Crippen LogP contribution in [0, 0.1) is 0 Å². The SMILES string of the molecule is COc1ccc(NC(=O)c2ccc(NC(=O)COc3cc(Cl)ccc3Cl)cc2)cc1. The van der Waals surface area contributed by atoms with Crippen molar-refractivity contribution in [3.63, 3.8) is 0 Å². The second kappa shape index (κ2) is 10.0. The molecule has 0 aliphatic carbocycles. The quantitative estimate of drug-likeness (QED) is 0.520. The summed E-state index contributed by atoms with van der Waals surface area (Å²) in [6, 6.07) is 18.3. The molecule has 2 amide bonds.